The molecule has 0 fully saturated rings. The number of aliphatic carboxylic acids is 1. The summed E-state index contributed by atoms with van der Waals surface area (Å²) < 4.78 is 0. The molecule has 0 spiro atoms. The van der Waals surface area contributed by atoms with Gasteiger partial charge in [0.2, 0.25) is 0 Å². The van der Waals surface area contributed by atoms with E-state index in [0.717, 1.165) is 5.02 Å². The molecule has 0 saturated carbocycles. The van der Waals surface area contributed by atoms with Gasteiger partial charge in [0.1, 0.15) is 0 Å². The zero-order chi connectivity index (χ0) is 10.3. The molecule has 0 saturated heterocycles. The van der Waals surface area contributed by atoms with Crippen molar-refractivity contribution in [2.24, 2.45) is 0 Å². The van der Waals surface area contributed by atoms with E-state index < -0.39 is 5.97 Å². The summed E-state index contributed by atoms with van der Waals surface area (Å²) >= 11 is 5.61. The van der Waals surface area contributed by atoms with Crippen molar-refractivity contribution < 1.29 is 9.90 Å². The van der Waals surface area contributed by atoms with Gasteiger partial charge in [0.05, 0.1) is 0 Å². The number of carbonyl (C=O) groups is 1. The van der Waals surface area contributed by atoms with Crippen molar-refractivity contribution in [1.82, 2.24) is 0 Å². The summed E-state index contributed by atoms with van der Waals surface area (Å²) in [6.45, 7) is 2.04. The summed E-state index contributed by atoms with van der Waals surface area (Å²) in [4.78, 5) is 9.13. The van der Waals surface area contributed by atoms with E-state index in [-0.39, 0.29) is 0 Å². The lowest BCUT2D eigenvalue weighted by atomic mass is 10.2. The minimum Gasteiger partial charge on any atom is -0.472 e. The first-order chi connectivity index (χ1) is 6.06. The van der Waals surface area contributed by atoms with Crippen molar-refractivity contribution in [3.8, 4) is 12.3 Å². The van der Waals surface area contributed by atoms with Gasteiger partial charge in [-0.05, 0) is 19.1 Å². The number of hydrogen-bond acceptors (Lipinski definition) is 1. The Morgan fingerprint density at radius 3 is 2.08 bits per heavy atom. The normalized spacial score (nSPS) is 7.77. The van der Waals surface area contributed by atoms with Crippen LogP contribution in [0.4, 0.5) is 0 Å². The van der Waals surface area contributed by atoms with E-state index in [0.29, 0.717) is 0 Å². The Balaban J connectivity index is 0.000000252. The van der Waals surface area contributed by atoms with Gasteiger partial charge >= 0.3 is 5.97 Å². The van der Waals surface area contributed by atoms with Crippen molar-refractivity contribution in [1.29, 1.82) is 0 Å². The fourth-order valence-corrected chi connectivity index (χ4v) is 0.659. The Hall–Kier alpha value is -1.46. The van der Waals surface area contributed by atoms with Gasteiger partial charge in [-0.25, -0.2) is 4.79 Å². The van der Waals surface area contributed by atoms with Crippen molar-refractivity contribution in [3.63, 3.8) is 0 Å². The molecule has 0 aliphatic heterocycles. The second kappa shape index (κ2) is 6.10. The van der Waals surface area contributed by atoms with Gasteiger partial charge in [0.25, 0.3) is 0 Å². The largest absolute Gasteiger partial charge is 0.472 e. The molecule has 0 aliphatic carbocycles. The summed E-state index contributed by atoms with van der Waals surface area (Å²) in [6, 6.07) is 7.75. The molecule has 0 unspecified atom stereocenters. The van der Waals surface area contributed by atoms with Crippen LogP contribution in [0.1, 0.15) is 5.56 Å². The van der Waals surface area contributed by atoms with Crippen LogP contribution in [0.15, 0.2) is 24.3 Å². The highest BCUT2D eigenvalue weighted by Crippen LogP contribution is 2.07. The topological polar surface area (TPSA) is 37.3 Å². The van der Waals surface area contributed by atoms with Crippen LogP contribution >= 0.6 is 11.6 Å². The number of carboxylic acid groups (broad SMARTS) is 1. The number of hydrogen-bond donors (Lipinski definition) is 1. The zero-order valence-corrected chi connectivity index (χ0v) is 7.88. The Morgan fingerprint density at radius 1 is 1.46 bits per heavy atom. The van der Waals surface area contributed by atoms with E-state index in [9.17, 15) is 0 Å². The fraction of sp³-hybridized carbons (Fsp3) is 0.100. The van der Waals surface area contributed by atoms with Gasteiger partial charge in [-0.2, -0.15) is 0 Å². The highest BCUT2D eigenvalue weighted by Gasteiger charge is 1.81. The predicted molar refractivity (Wildman–Crippen MR) is 52.7 cm³/mol. The monoisotopic (exact) mass is 196 g/mol. The second-order valence-corrected chi connectivity index (χ2v) is 2.68. The van der Waals surface area contributed by atoms with Crippen LogP contribution < -0.4 is 0 Å². The molecule has 1 aromatic rings. The van der Waals surface area contributed by atoms with E-state index in [1.54, 1.807) is 0 Å². The Kier molecular flexibility index (Phi) is 5.42. The van der Waals surface area contributed by atoms with Gasteiger partial charge in [0, 0.05) is 10.9 Å². The van der Waals surface area contributed by atoms with E-state index in [1.807, 2.05) is 31.2 Å². The maximum Gasteiger partial charge on any atom is 0.381 e. The summed E-state index contributed by atoms with van der Waals surface area (Å²) in [6.07, 6.45) is 4.32. The van der Waals surface area contributed by atoms with E-state index in [4.69, 9.17) is 21.5 Å². The molecule has 13 heavy (non-hydrogen) atoms. The number of carboxylic acids is 1. The second-order valence-electron chi connectivity index (χ2n) is 2.25. The van der Waals surface area contributed by atoms with Crippen LogP contribution in [-0.4, -0.2) is 11.1 Å². The van der Waals surface area contributed by atoms with Gasteiger partial charge in [0.15, 0.2) is 0 Å². The lowest BCUT2D eigenvalue weighted by Gasteiger charge is -1.88. The van der Waals surface area contributed by atoms with Gasteiger partial charge in [-0.1, -0.05) is 29.3 Å². The molecule has 2 nitrogen and oxygen atoms in total. The first kappa shape index (κ1) is 11.5. The third-order valence-electron chi connectivity index (χ3n) is 1.13. The van der Waals surface area contributed by atoms with E-state index in [1.165, 1.54) is 11.5 Å². The zero-order valence-electron chi connectivity index (χ0n) is 7.12. The number of terminal acetylenes is 1. The number of benzene rings is 1. The summed E-state index contributed by atoms with van der Waals surface area (Å²) in [5, 5.41) is 8.29. The summed E-state index contributed by atoms with van der Waals surface area (Å²) in [5.74, 6) is 0.227. The van der Waals surface area contributed by atoms with Crippen molar-refractivity contribution in [2.45, 2.75) is 6.92 Å². The molecule has 1 aromatic carbocycles. The van der Waals surface area contributed by atoms with E-state index in [2.05, 4.69) is 6.42 Å². The van der Waals surface area contributed by atoms with Crippen molar-refractivity contribution in [3.05, 3.63) is 34.9 Å². The van der Waals surface area contributed by atoms with Gasteiger partial charge in [-0.15, -0.1) is 6.42 Å². The molecule has 0 amide bonds. The molecule has 0 bridgehead atoms. The molecule has 0 radical (unpaired) electrons. The number of rotatable bonds is 0. The molecule has 3 heteroatoms. The Bertz CT molecular complexity index is 288. The summed E-state index contributed by atoms with van der Waals surface area (Å²) in [7, 11) is 0. The molecule has 1 N–H and O–H groups in total. The standard InChI is InChI=1S/C7H7Cl.C3H2O2/c1-6-2-4-7(8)5-3-6;1-2-3(4)5/h2-5H,1H3;1H,(H,4,5). The Morgan fingerprint density at radius 2 is 1.85 bits per heavy atom. The highest BCUT2D eigenvalue weighted by molar-refractivity contribution is 6.30. The highest BCUT2D eigenvalue weighted by atomic mass is 35.5. The SMILES string of the molecule is C#CC(=O)O.Cc1ccc(Cl)cc1. The van der Waals surface area contributed by atoms with Crippen LogP contribution in [-0.2, 0) is 4.79 Å². The first-order valence-electron chi connectivity index (χ1n) is 3.48. The van der Waals surface area contributed by atoms with Crippen LogP contribution in [0, 0.1) is 19.3 Å². The van der Waals surface area contributed by atoms with Crippen LogP contribution in [0.3, 0.4) is 0 Å². The van der Waals surface area contributed by atoms with E-state index >= 15 is 0 Å². The van der Waals surface area contributed by atoms with Gasteiger partial charge < -0.3 is 5.11 Å². The van der Waals surface area contributed by atoms with Crippen LogP contribution in [0.2, 0.25) is 5.02 Å². The molecule has 0 atom stereocenters. The summed E-state index contributed by atoms with van der Waals surface area (Å²) in [5.41, 5.74) is 1.24. The lowest BCUT2D eigenvalue weighted by molar-refractivity contribution is -0.130. The maximum absolute atomic E-state index is 9.13. The third kappa shape index (κ3) is 6.92. The van der Waals surface area contributed by atoms with Gasteiger partial charge in [-0.3, -0.25) is 0 Å². The van der Waals surface area contributed by atoms with Crippen molar-refractivity contribution >= 4 is 17.6 Å². The molecule has 68 valence electrons. The molecular formula is C10H9ClO2. The smallest absolute Gasteiger partial charge is 0.381 e. The number of halogens is 1. The fourth-order valence-electron chi connectivity index (χ4n) is 0.533. The van der Waals surface area contributed by atoms with Crippen LogP contribution in [0.5, 0.6) is 0 Å². The number of aryl methyl sites for hydroxylation is 1. The predicted octanol–water partition coefficient (Wildman–Crippen LogP) is 2.35. The van der Waals surface area contributed by atoms with Crippen LogP contribution in [0.25, 0.3) is 0 Å². The Labute approximate surface area is 82.2 Å². The molecular weight excluding hydrogens is 188 g/mol. The van der Waals surface area contributed by atoms with Crippen molar-refractivity contribution in [2.75, 3.05) is 0 Å². The molecule has 0 heterocycles. The average Bonchev–Trinajstić information content (AvgIpc) is 2.11. The molecule has 1 rings (SSSR count). The maximum atomic E-state index is 9.13. The average molecular weight is 197 g/mol. The lowest BCUT2D eigenvalue weighted by Crippen LogP contribution is -1.83. The third-order valence-corrected chi connectivity index (χ3v) is 1.39. The molecule has 0 aliphatic rings. The first-order valence-corrected chi connectivity index (χ1v) is 3.85. The minimum atomic E-state index is -1.22. The minimum absolute atomic E-state index is 0.801. The molecule has 0 aromatic heterocycles. The quantitative estimate of drug-likeness (QED) is 0.647.